The Balaban J connectivity index is 0.000000131. The Hall–Kier alpha value is -0.650. The molecule has 126 valence electrons. The number of hydrogen-bond donors (Lipinski definition) is 2. The van der Waals surface area contributed by atoms with E-state index in [2.05, 4.69) is 34.2 Å². The smallest absolute Gasteiger partial charge is 0.101 e. The van der Waals surface area contributed by atoms with Crippen LogP contribution in [0.15, 0.2) is 4.99 Å². The maximum Gasteiger partial charge on any atom is 0.101 e. The van der Waals surface area contributed by atoms with Crippen molar-refractivity contribution in [1.82, 2.24) is 15.1 Å². The molecular formula is C17H33N5. The van der Waals surface area contributed by atoms with Gasteiger partial charge in [0, 0.05) is 32.1 Å². The molecule has 0 amide bonds. The summed E-state index contributed by atoms with van der Waals surface area (Å²) < 4.78 is 0. The van der Waals surface area contributed by atoms with Crippen LogP contribution in [0.3, 0.4) is 0 Å². The van der Waals surface area contributed by atoms with Crippen LogP contribution in [-0.2, 0) is 0 Å². The SMILES string of the molecule is CN1CC2CCCC2(CN)C1.CN1CCC(C2=NCCN2)C1. The van der Waals surface area contributed by atoms with Crippen molar-refractivity contribution in [3.05, 3.63) is 0 Å². The van der Waals surface area contributed by atoms with Gasteiger partial charge in [-0.25, -0.2) is 0 Å². The lowest BCUT2D eigenvalue weighted by Gasteiger charge is -2.26. The molecule has 3 fully saturated rings. The van der Waals surface area contributed by atoms with Crippen molar-refractivity contribution in [2.45, 2.75) is 25.7 Å². The molecule has 0 radical (unpaired) electrons. The summed E-state index contributed by atoms with van der Waals surface area (Å²) in [5, 5.41) is 3.34. The van der Waals surface area contributed by atoms with E-state index in [0.29, 0.717) is 11.3 Å². The molecule has 22 heavy (non-hydrogen) atoms. The monoisotopic (exact) mass is 307 g/mol. The lowest BCUT2D eigenvalue weighted by Crippen LogP contribution is -2.34. The van der Waals surface area contributed by atoms with Crippen LogP contribution < -0.4 is 11.1 Å². The molecule has 2 saturated heterocycles. The van der Waals surface area contributed by atoms with Crippen molar-refractivity contribution in [3.63, 3.8) is 0 Å². The zero-order chi connectivity index (χ0) is 15.6. The summed E-state index contributed by atoms with van der Waals surface area (Å²) >= 11 is 0. The summed E-state index contributed by atoms with van der Waals surface area (Å²) in [4.78, 5) is 9.24. The average molecular weight is 307 g/mol. The molecule has 1 saturated carbocycles. The quantitative estimate of drug-likeness (QED) is 0.785. The molecule has 0 aromatic rings. The normalized spacial score (nSPS) is 38.4. The molecule has 3 unspecified atom stereocenters. The van der Waals surface area contributed by atoms with Gasteiger partial charge in [-0.1, -0.05) is 6.42 Å². The second-order valence-corrected chi connectivity index (χ2v) is 7.79. The van der Waals surface area contributed by atoms with Gasteiger partial charge in [0.25, 0.3) is 0 Å². The highest BCUT2D eigenvalue weighted by atomic mass is 15.2. The molecule has 0 spiro atoms. The first-order valence-corrected chi connectivity index (χ1v) is 8.98. The van der Waals surface area contributed by atoms with Crippen molar-refractivity contribution in [3.8, 4) is 0 Å². The highest BCUT2D eigenvalue weighted by Gasteiger charge is 2.47. The van der Waals surface area contributed by atoms with E-state index in [0.717, 1.165) is 25.6 Å². The summed E-state index contributed by atoms with van der Waals surface area (Å²) in [7, 11) is 4.39. The van der Waals surface area contributed by atoms with E-state index < -0.39 is 0 Å². The average Bonchev–Trinajstić information content (AvgIpc) is 3.21. The van der Waals surface area contributed by atoms with Crippen molar-refractivity contribution < 1.29 is 0 Å². The van der Waals surface area contributed by atoms with Crippen LogP contribution in [0, 0.1) is 17.3 Å². The molecule has 1 aliphatic carbocycles. The van der Waals surface area contributed by atoms with Crippen LogP contribution in [0.2, 0.25) is 0 Å². The molecule has 4 rings (SSSR count). The fourth-order valence-corrected chi connectivity index (χ4v) is 4.86. The molecule has 5 heteroatoms. The Kier molecular flexibility index (Phi) is 5.05. The van der Waals surface area contributed by atoms with Gasteiger partial charge in [-0.2, -0.15) is 0 Å². The Morgan fingerprint density at radius 2 is 2.14 bits per heavy atom. The van der Waals surface area contributed by atoms with Crippen LogP contribution in [-0.4, -0.2) is 75.5 Å². The first kappa shape index (κ1) is 16.2. The molecule has 3 heterocycles. The van der Waals surface area contributed by atoms with Crippen molar-refractivity contribution in [2.75, 3.05) is 59.9 Å². The second-order valence-electron chi connectivity index (χ2n) is 7.79. The summed E-state index contributed by atoms with van der Waals surface area (Å²) in [6, 6.07) is 0. The first-order valence-electron chi connectivity index (χ1n) is 8.98. The van der Waals surface area contributed by atoms with Gasteiger partial charge in [-0.05, 0) is 57.8 Å². The molecule has 0 aromatic carbocycles. The van der Waals surface area contributed by atoms with E-state index in [1.807, 2.05) is 0 Å². The van der Waals surface area contributed by atoms with E-state index in [9.17, 15) is 0 Å². The molecule has 3 atom stereocenters. The molecule has 4 aliphatic rings. The lowest BCUT2D eigenvalue weighted by atomic mass is 9.81. The zero-order valence-corrected chi connectivity index (χ0v) is 14.4. The molecule has 5 nitrogen and oxygen atoms in total. The minimum absolute atomic E-state index is 0.523. The van der Waals surface area contributed by atoms with E-state index in [-0.39, 0.29) is 0 Å². The fourth-order valence-electron chi connectivity index (χ4n) is 4.86. The number of hydrogen-bond acceptors (Lipinski definition) is 5. The summed E-state index contributed by atoms with van der Waals surface area (Å²) in [6.45, 7) is 7.88. The highest BCUT2D eigenvalue weighted by molar-refractivity contribution is 5.86. The predicted molar refractivity (Wildman–Crippen MR) is 92.2 cm³/mol. The second kappa shape index (κ2) is 6.85. The summed E-state index contributed by atoms with van der Waals surface area (Å²) in [5.74, 6) is 2.87. The Morgan fingerprint density at radius 1 is 1.27 bits per heavy atom. The number of amidine groups is 1. The van der Waals surface area contributed by atoms with Crippen LogP contribution >= 0.6 is 0 Å². The van der Waals surface area contributed by atoms with Crippen LogP contribution in [0.5, 0.6) is 0 Å². The third-order valence-corrected chi connectivity index (χ3v) is 6.09. The van der Waals surface area contributed by atoms with Crippen molar-refractivity contribution in [1.29, 1.82) is 0 Å². The molecule has 3 N–H and O–H groups in total. The fraction of sp³-hybridized carbons (Fsp3) is 0.941. The Labute approximate surface area is 135 Å². The van der Waals surface area contributed by atoms with Crippen LogP contribution in [0.4, 0.5) is 0 Å². The number of fused-ring (bicyclic) bond motifs is 1. The lowest BCUT2D eigenvalue weighted by molar-refractivity contribution is 0.265. The van der Waals surface area contributed by atoms with E-state index in [1.165, 1.54) is 57.7 Å². The van der Waals surface area contributed by atoms with Crippen LogP contribution in [0.25, 0.3) is 0 Å². The van der Waals surface area contributed by atoms with Gasteiger partial charge in [-0.3, -0.25) is 4.99 Å². The van der Waals surface area contributed by atoms with Gasteiger partial charge in [0.15, 0.2) is 0 Å². The van der Waals surface area contributed by atoms with E-state index in [4.69, 9.17) is 5.73 Å². The number of aliphatic imine (C=N–C) groups is 1. The third kappa shape index (κ3) is 3.31. The Bertz CT molecular complexity index is 410. The number of nitrogens with zero attached hydrogens (tertiary/aromatic N) is 3. The van der Waals surface area contributed by atoms with Crippen molar-refractivity contribution >= 4 is 5.84 Å². The largest absolute Gasteiger partial charge is 0.372 e. The third-order valence-electron chi connectivity index (χ3n) is 6.09. The first-order chi connectivity index (χ1) is 10.6. The zero-order valence-electron chi connectivity index (χ0n) is 14.4. The van der Waals surface area contributed by atoms with E-state index >= 15 is 0 Å². The maximum absolute atomic E-state index is 5.85. The van der Waals surface area contributed by atoms with Crippen LogP contribution in [0.1, 0.15) is 25.7 Å². The van der Waals surface area contributed by atoms with E-state index in [1.54, 1.807) is 0 Å². The standard InChI is InChI=1S/C9H18N2.C8H15N3/c1-11-5-8-3-2-4-9(8,6-10)7-11;1-11-5-2-7(6-11)8-9-3-4-10-8/h8H,2-7,10H2,1H3;7H,2-6H2,1H3,(H,9,10). The van der Waals surface area contributed by atoms with Gasteiger partial charge in [0.2, 0.25) is 0 Å². The maximum atomic E-state index is 5.85. The number of rotatable bonds is 2. The van der Waals surface area contributed by atoms with Gasteiger partial charge >= 0.3 is 0 Å². The predicted octanol–water partition coefficient (Wildman–Crippen LogP) is 0.617. The molecular weight excluding hydrogens is 274 g/mol. The minimum atomic E-state index is 0.523. The highest BCUT2D eigenvalue weighted by Crippen LogP contribution is 2.47. The summed E-state index contributed by atoms with van der Waals surface area (Å²) in [6.07, 6.45) is 5.48. The minimum Gasteiger partial charge on any atom is -0.372 e. The van der Waals surface area contributed by atoms with Crippen molar-refractivity contribution in [2.24, 2.45) is 28.0 Å². The molecule has 0 aromatic heterocycles. The van der Waals surface area contributed by atoms with Gasteiger partial charge < -0.3 is 20.9 Å². The molecule has 0 bridgehead atoms. The number of nitrogens with one attached hydrogen (secondary N) is 1. The summed E-state index contributed by atoms with van der Waals surface area (Å²) in [5.41, 5.74) is 6.37. The number of likely N-dealkylation sites (tertiary alicyclic amines) is 2. The van der Waals surface area contributed by atoms with Gasteiger partial charge in [-0.15, -0.1) is 0 Å². The number of nitrogens with two attached hydrogens (primary N) is 1. The van der Waals surface area contributed by atoms with Gasteiger partial charge in [0.05, 0.1) is 6.54 Å². The topological polar surface area (TPSA) is 56.9 Å². The molecule has 3 aliphatic heterocycles. The van der Waals surface area contributed by atoms with Gasteiger partial charge in [0.1, 0.15) is 5.84 Å². The Morgan fingerprint density at radius 3 is 2.73 bits per heavy atom.